The van der Waals surface area contributed by atoms with E-state index in [9.17, 15) is 0 Å². The van der Waals surface area contributed by atoms with Crippen LogP contribution in [0.25, 0.3) is 0 Å². The molecule has 2 aliphatic heterocycles. The van der Waals surface area contributed by atoms with Gasteiger partial charge in [0.2, 0.25) is 11.6 Å². The molecule has 0 aromatic rings. The molecule has 0 N–H and O–H groups in total. The zero-order chi connectivity index (χ0) is 6.66. The second kappa shape index (κ2) is 1.31. The molecular formula is C8H10O2. The summed E-state index contributed by atoms with van der Waals surface area (Å²) >= 11 is 0. The van der Waals surface area contributed by atoms with E-state index < -0.39 is 0 Å². The Morgan fingerprint density at radius 2 is 2.00 bits per heavy atom. The van der Waals surface area contributed by atoms with Crippen LogP contribution in [0.2, 0.25) is 0 Å². The third kappa shape index (κ3) is 0.444. The predicted molar refractivity (Wildman–Crippen MR) is 35.2 cm³/mol. The Hall–Kier alpha value is -0.340. The summed E-state index contributed by atoms with van der Waals surface area (Å²) in [6.45, 7) is 0. The molecule has 3 aliphatic rings. The molecule has 0 bridgehead atoms. The molecule has 0 radical (unpaired) electrons. The maximum absolute atomic E-state index is 5.43. The SMILES string of the molecule is C1=C\CC23OC2(CCC/1)O3. The van der Waals surface area contributed by atoms with Crippen molar-refractivity contribution in [3.05, 3.63) is 12.2 Å². The smallest absolute Gasteiger partial charge is 0.232 e. The summed E-state index contributed by atoms with van der Waals surface area (Å²) in [7, 11) is 0. The van der Waals surface area contributed by atoms with Gasteiger partial charge in [-0.15, -0.1) is 0 Å². The highest BCUT2D eigenvalue weighted by Gasteiger charge is 2.89. The van der Waals surface area contributed by atoms with Gasteiger partial charge in [0.1, 0.15) is 0 Å². The topological polar surface area (TPSA) is 25.1 Å². The third-order valence-corrected chi connectivity index (χ3v) is 2.59. The maximum atomic E-state index is 5.43. The fraction of sp³-hybridized carbons (Fsp3) is 0.750. The highest BCUT2D eigenvalue weighted by Crippen LogP contribution is 2.72. The van der Waals surface area contributed by atoms with Crippen molar-refractivity contribution in [2.24, 2.45) is 0 Å². The van der Waals surface area contributed by atoms with E-state index in [2.05, 4.69) is 12.2 Å². The maximum Gasteiger partial charge on any atom is 0.232 e. The molecule has 0 atom stereocenters. The minimum Gasteiger partial charge on any atom is -0.307 e. The first-order valence-corrected chi connectivity index (χ1v) is 3.92. The van der Waals surface area contributed by atoms with Gasteiger partial charge >= 0.3 is 0 Å². The summed E-state index contributed by atoms with van der Waals surface area (Å²) in [5.74, 6) is -0.207. The van der Waals surface area contributed by atoms with Gasteiger partial charge in [-0.05, 0) is 12.8 Å². The minimum atomic E-state index is -0.121. The van der Waals surface area contributed by atoms with E-state index in [4.69, 9.17) is 9.47 Å². The number of hydrogen-bond donors (Lipinski definition) is 0. The second-order valence-electron chi connectivity index (χ2n) is 3.28. The van der Waals surface area contributed by atoms with E-state index in [-0.39, 0.29) is 11.6 Å². The number of allylic oxidation sites excluding steroid dienone is 1. The normalized spacial score (nSPS) is 59.2. The summed E-state index contributed by atoms with van der Waals surface area (Å²) in [6.07, 6.45) is 8.85. The number of ether oxygens (including phenoxy) is 2. The molecule has 0 aromatic carbocycles. The molecule has 2 heterocycles. The van der Waals surface area contributed by atoms with Crippen LogP contribution in [-0.4, -0.2) is 11.6 Å². The summed E-state index contributed by atoms with van der Waals surface area (Å²) in [6, 6.07) is 0. The molecule has 54 valence electrons. The van der Waals surface area contributed by atoms with Crippen molar-refractivity contribution in [2.75, 3.05) is 0 Å². The molecule has 2 fully saturated rings. The zero-order valence-electron chi connectivity index (χ0n) is 5.80. The van der Waals surface area contributed by atoms with Crippen LogP contribution in [0.15, 0.2) is 12.2 Å². The first kappa shape index (κ1) is 5.33. The molecule has 1 aliphatic carbocycles. The first-order valence-electron chi connectivity index (χ1n) is 3.92. The molecule has 2 saturated heterocycles. The Balaban J connectivity index is 1.86. The second-order valence-corrected chi connectivity index (χ2v) is 3.28. The van der Waals surface area contributed by atoms with Crippen LogP contribution in [0.5, 0.6) is 0 Å². The van der Waals surface area contributed by atoms with Gasteiger partial charge in [0.25, 0.3) is 0 Å². The molecule has 2 nitrogen and oxygen atoms in total. The lowest BCUT2D eigenvalue weighted by molar-refractivity contribution is -0.0969. The Bertz CT molecular complexity index is 201. The molecule has 0 amide bonds. The average molecular weight is 138 g/mol. The standard InChI is InChI=1S/C8H10O2/c1-2-4-6-8-7(9-8,10-8)5-3-1/h1,3H,2,4-6H2/b3-1-. The largest absolute Gasteiger partial charge is 0.307 e. The summed E-state index contributed by atoms with van der Waals surface area (Å²) < 4.78 is 10.9. The Kier molecular flexibility index (Phi) is 0.701. The van der Waals surface area contributed by atoms with E-state index in [0.717, 1.165) is 12.8 Å². The van der Waals surface area contributed by atoms with Gasteiger partial charge in [-0.2, -0.15) is 0 Å². The van der Waals surface area contributed by atoms with Gasteiger partial charge in [-0.25, -0.2) is 0 Å². The van der Waals surface area contributed by atoms with Crippen molar-refractivity contribution in [1.29, 1.82) is 0 Å². The Morgan fingerprint density at radius 3 is 2.90 bits per heavy atom. The molecule has 0 spiro atoms. The molecule has 0 unspecified atom stereocenters. The minimum absolute atomic E-state index is 0.0856. The van der Waals surface area contributed by atoms with Crippen molar-refractivity contribution in [1.82, 2.24) is 0 Å². The van der Waals surface area contributed by atoms with Gasteiger partial charge in [0.15, 0.2) is 0 Å². The van der Waals surface area contributed by atoms with E-state index in [1.165, 1.54) is 12.8 Å². The van der Waals surface area contributed by atoms with Crippen molar-refractivity contribution in [2.45, 2.75) is 37.3 Å². The molecular weight excluding hydrogens is 128 g/mol. The monoisotopic (exact) mass is 138 g/mol. The van der Waals surface area contributed by atoms with Crippen LogP contribution in [0.4, 0.5) is 0 Å². The van der Waals surface area contributed by atoms with E-state index in [0.29, 0.717) is 0 Å². The summed E-state index contributed by atoms with van der Waals surface area (Å²) in [4.78, 5) is 0. The number of hydrogen-bond acceptors (Lipinski definition) is 2. The van der Waals surface area contributed by atoms with E-state index >= 15 is 0 Å². The summed E-state index contributed by atoms with van der Waals surface area (Å²) in [5.41, 5.74) is 0. The van der Waals surface area contributed by atoms with Crippen LogP contribution >= 0.6 is 0 Å². The highest BCUT2D eigenvalue weighted by molar-refractivity contribution is 5.21. The molecule has 0 aromatic heterocycles. The fourth-order valence-electron chi connectivity index (χ4n) is 1.83. The highest BCUT2D eigenvalue weighted by atomic mass is 17.0. The van der Waals surface area contributed by atoms with E-state index in [1.807, 2.05) is 0 Å². The number of rotatable bonds is 0. The van der Waals surface area contributed by atoms with Gasteiger partial charge < -0.3 is 9.47 Å². The Labute approximate surface area is 59.8 Å². The first-order chi connectivity index (χ1) is 4.87. The lowest BCUT2D eigenvalue weighted by Crippen LogP contribution is -1.96. The third-order valence-electron chi connectivity index (χ3n) is 2.59. The number of epoxide rings is 2. The summed E-state index contributed by atoms with van der Waals surface area (Å²) in [5, 5.41) is 0. The molecule has 2 heteroatoms. The molecule has 0 saturated carbocycles. The van der Waals surface area contributed by atoms with Gasteiger partial charge in [0, 0.05) is 12.8 Å². The van der Waals surface area contributed by atoms with Crippen molar-refractivity contribution >= 4 is 0 Å². The van der Waals surface area contributed by atoms with Crippen molar-refractivity contribution in [3.63, 3.8) is 0 Å². The van der Waals surface area contributed by atoms with Crippen LogP contribution in [0, 0.1) is 0 Å². The van der Waals surface area contributed by atoms with Crippen LogP contribution in [-0.2, 0) is 9.47 Å². The van der Waals surface area contributed by atoms with Crippen LogP contribution in [0.3, 0.4) is 0 Å². The lowest BCUT2D eigenvalue weighted by Gasteiger charge is -1.96. The van der Waals surface area contributed by atoms with Crippen molar-refractivity contribution < 1.29 is 9.47 Å². The Morgan fingerprint density at radius 1 is 1.10 bits per heavy atom. The fourth-order valence-corrected chi connectivity index (χ4v) is 1.83. The molecule has 3 rings (SSSR count). The van der Waals surface area contributed by atoms with Gasteiger partial charge in [-0.1, -0.05) is 12.2 Å². The molecule has 10 heavy (non-hydrogen) atoms. The van der Waals surface area contributed by atoms with Gasteiger partial charge in [-0.3, -0.25) is 0 Å². The van der Waals surface area contributed by atoms with Crippen molar-refractivity contribution in [3.8, 4) is 0 Å². The zero-order valence-corrected chi connectivity index (χ0v) is 5.80. The van der Waals surface area contributed by atoms with E-state index in [1.54, 1.807) is 0 Å². The van der Waals surface area contributed by atoms with Crippen LogP contribution in [0.1, 0.15) is 25.7 Å². The quantitative estimate of drug-likeness (QED) is 0.375. The van der Waals surface area contributed by atoms with Crippen LogP contribution < -0.4 is 0 Å². The van der Waals surface area contributed by atoms with Gasteiger partial charge in [0.05, 0.1) is 0 Å². The average Bonchev–Trinajstić information content (AvgIpc) is 2.51. The predicted octanol–water partition coefficient (Wildman–Crippen LogP) is 1.57. The lowest BCUT2D eigenvalue weighted by atomic mass is 10.1.